The SMILES string of the molecule is Fc1ccc2c(-c3ccc4c(F)cc5c(-c6ccc(F)c7ccccc67)ccc6ccc3c4c65)c3ccccc3c(-c3cc(F)c(F)c(F)c3)c2c1. The average molecular weight is 689 g/mol. The maximum absolute atomic E-state index is 16.3. The van der Waals surface area contributed by atoms with Crippen molar-refractivity contribution in [1.29, 1.82) is 0 Å². The van der Waals surface area contributed by atoms with Crippen LogP contribution in [0.3, 0.4) is 0 Å². The summed E-state index contributed by atoms with van der Waals surface area (Å²) in [5, 5.41) is 7.71. The van der Waals surface area contributed by atoms with E-state index < -0.39 is 29.1 Å². The molecular formula is C46H22F6. The zero-order chi connectivity index (χ0) is 35.4. The molecule has 0 atom stereocenters. The fourth-order valence-electron chi connectivity index (χ4n) is 8.24. The second-order valence-corrected chi connectivity index (χ2v) is 13.1. The third-order valence-electron chi connectivity index (χ3n) is 10.4. The fraction of sp³-hybridized carbons (Fsp3) is 0. The topological polar surface area (TPSA) is 0 Å². The van der Waals surface area contributed by atoms with Crippen molar-refractivity contribution in [2.45, 2.75) is 0 Å². The van der Waals surface area contributed by atoms with E-state index in [0.717, 1.165) is 50.5 Å². The molecule has 52 heavy (non-hydrogen) atoms. The van der Waals surface area contributed by atoms with Gasteiger partial charge in [0.05, 0.1) is 0 Å². The molecular weight excluding hydrogens is 666 g/mol. The van der Waals surface area contributed by atoms with Gasteiger partial charge in [0.1, 0.15) is 17.5 Å². The molecule has 0 N–H and O–H groups in total. The summed E-state index contributed by atoms with van der Waals surface area (Å²) in [6, 6.07) is 36.8. The summed E-state index contributed by atoms with van der Waals surface area (Å²) >= 11 is 0. The van der Waals surface area contributed by atoms with E-state index in [-0.39, 0.29) is 11.4 Å². The van der Waals surface area contributed by atoms with Gasteiger partial charge >= 0.3 is 0 Å². The molecule has 0 bridgehead atoms. The Bertz CT molecular complexity index is 3120. The summed E-state index contributed by atoms with van der Waals surface area (Å²) in [5.74, 6) is -5.60. The van der Waals surface area contributed by atoms with Crippen LogP contribution in [-0.2, 0) is 0 Å². The van der Waals surface area contributed by atoms with E-state index in [1.807, 2.05) is 54.6 Å². The van der Waals surface area contributed by atoms with Crippen LogP contribution in [0.2, 0.25) is 0 Å². The highest BCUT2D eigenvalue weighted by Crippen LogP contribution is 2.49. The lowest BCUT2D eigenvalue weighted by atomic mass is 9.82. The van der Waals surface area contributed by atoms with Gasteiger partial charge in [-0.2, -0.15) is 0 Å². The molecule has 0 aliphatic heterocycles. The molecule has 0 nitrogen and oxygen atoms in total. The van der Waals surface area contributed by atoms with Crippen LogP contribution >= 0.6 is 0 Å². The molecule has 0 amide bonds. The van der Waals surface area contributed by atoms with Gasteiger partial charge in [0.15, 0.2) is 17.5 Å². The smallest absolute Gasteiger partial charge is 0.194 e. The van der Waals surface area contributed by atoms with E-state index in [2.05, 4.69) is 0 Å². The van der Waals surface area contributed by atoms with Crippen molar-refractivity contribution in [2.24, 2.45) is 0 Å². The molecule has 10 rings (SSSR count). The first-order chi connectivity index (χ1) is 25.3. The van der Waals surface area contributed by atoms with Gasteiger partial charge in [-0.15, -0.1) is 0 Å². The van der Waals surface area contributed by atoms with Gasteiger partial charge < -0.3 is 0 Å². The van der Waals surface area contributed by atoms with E-state index in [9.17, 15) is 17.6 Å². The van der Waals surface area contributed by atoms with Crippen LogP contribution in [-0.4, -0.2) is 0 Å². The Labute approximate surface area is 292 Å². The summed E-state index contributed by atoms with van der Waals surface area (Å²) < 4.78 is 89.7. The number of fused-ring (bicyclic) bond motifs is 3. The highest BCUT2D eigenvalue weighted by atomic mass is 19.2. The number of halogens is 6. The quantitative estimate of drug-likeness (QED) is 0.0750. The predicted octanol–water partition coefficient (Wildman–Crippen LogP) is 13.9. The first-order valence-corrected chi connectivity index (χ1v) is 16.7. The van der Waals surface area contributed by atoms with E-state index in [4.69, 9.17) is 0 Å². The standard InChI is InChI=1S/C46H22F6/c47-25-11-14-34-36(21-25)42(24-19-40(50)46(52)41(51)20-24)30-7-3-4-8-31(30)44(34)32-15-16-35-39(49)22-37-28(12-9-23-10-13-33(32)45(35)43(23)37)27-17-18-38(48)29-6-2-1-5-26(27)29/h1-22H. The molecule has 10 aromatic carbocycles. The minimum atomic E-state index is -1.59. The van der Waals surface area contributed by atoms with Crippen molar-refractivity contribution >= 4 is 64.6 Å². The van der Waals surface area contributed by atoms with E-state index in [1.165, 1.54) is 18.2 Å². The lowest BCUT2D eigenvalue weighted by Crippen LogP contribution is -1.96. The van der Waals surface area contributed by atoms with Crippen LogP contribution in [0, 0.1) is 34.9 Å². The largest absolute Gasteiger partial charge is 0.207 e. The molecule has 0 aromatic heterocycles. The average Bonchev–Trinajstić information content (AvgIpc) is 3.15. The van der Waals surface area contributed by atoms with Gasteiger partial charge in [0, 0.05) is 16.2 Å². The van der Waals surface area contributed by atoms with Crippen molar-refractivity contribution in [1.82, 2.24) is 0 Å². The first-order valence-electron chi connectivity index (χ1n) is 16.7. The van der Waals surface area contributed by atoms with Gasteiger partial charge in [0.25, 0.3) is 0 Å². The second-order valence-electron chi connectivity index (χ2n) is 13.1. The number of hydrogen-bond donors (Lipinski definition) is 0. The number of hydrogen-bond acceptors (Lipinski definition) is 0. The Morgan fingerprint density at radius 1 is 0.308 bits per heavy atom. The van der Waals surface area contributed by atoms with Crippen LogP contribution in [0.1, 0.15) is 0 Å². The lowest BCUT2D eigenvalue weighted by molar-refractivity contribution is 0.448. The van der Waals surface area contributed by atoms with E-state index in [0.29, 0.717) is 54.0 Å². The second kappa shape index (κ2) is 11.0. The van der Waals surface area contributed by atoms with Crippen molar-refractivity contribution in [3.05, 3.63) is 168 Å². The summed E-state index contributed by atoms with van der Waals surface area (Å²) in [5.41, 5.74) is 3.42. The Balaban J connectivity index is 1.33. The molecule has 0 spiro atoms. The molecule has 6 heteroatoms. The van der Waals surface area contributed by atoms with Crippen LogP contribution in [0.25, 0.3) is 98.0 Å². The molecule has 0 aliphatic carbocycles. The van der Waals surface area contributed by atoms with Crippen molar-refractivity contribution in [2.75, 3.05) is 0 Å². The molecule has 248 valence electrons. The minimum absolute atomic E-state index is 0.0630. The molecule has 0 unspecified atom stereocenters. The van der Waals surface area contributed by atoms with Crippen molar-refractivity contribution < 1.29 is 26.3 Å². The van der Waals surface area contributed by atoms with Crippen LogP contribution < -0.4 is 0 Å². The molecule has 10 aromatic rings. The highest BCUT2D eigenvalue weighted by Gasteiger charge is 2.23. The highest BCUT2D eigenvalue weighted by molar-refractivity contribution is 6.31. The zero-order valence-corrected chi connectivity index (χ0v) is 27.0. The maximum Gasteiger partial charge on any atom is 0.194 e. The molecule has 0 aliphatic rings. The molecule has 0 saturated carbocycles. The Hall–Kier alpha value is -6.40. The molecule has 0 saturated heterocycles. The van der Waals surface area contributed by atoms with Crippen LogP contribution in [0.15, 0.2) is 133 Å². The molecule has 0 heterocycles. The van der Waals surface area contributed by atoms with Crippen molar-refractivity contribution in [3.63, 3.8) is 0 Å². The van der Waals surface area contributed by atoms with E-state index in [1.54, 1.807) is 48.5 Å². The summed E-state index contributed by atoms with van der Waals surface area (Å²) in [6.07, 6.45) is 0. The minimum Gasteiger partial charge on any atom is -0.207 e. The normalized spacial score (nSPS) is 12.0. The first kappa shape index (κ1) is 30.4. The third-order valence-corrected chi connectivity index (χ3v) is 10.4. The maximum atomic E-state index is 16.3. The van der Waals surface area contributed by atoms with Gasteiger partial charge in [0.2, 0.25) is 0 Å². The van der Waals surface area contributed by atoms with Gasteiger partial charge in [-0.05, 0) is 118 Å². The summed E-state index contributed by atoms with van der Waals surface area (Å²) in [7, 11) is 0. The van der Waals surface area contributed by atoms with E-state index >= 15 is 8.78 Å². The van der Waals surface area contributed by atoms with Gasteiger partial charge in [-0.3, -0.25) is 0 Å². The number of rotatable bonds is 3. The Morgan fingerprint density at radius 2 is 0.885 bits per heavy atom. The monoisotopic (exact) mass is 688 g/mol. The van der Waals surface area contributed by atoms with Gasteiger partial charge in [-0.1, -0.05) is 97.1 Å². The lowest BCUT2D eigenvalue weighted by Gasteiger charge is -2.21. The summed E-state index contributed by atoms with van der Waals surface area (Å²) in [4.78, 5) is 0. The van der Waals surface area contributed by atoms with Crippen LogP contribution in [0.5, 0.6) is 0 Å². The molecule has 0 radical (unpaired) electrons. The zero-order valence-electron chi connectivity index (χ0n) is 27.0. The Morgan fingerprint density at radius 3 is 1.65 bits per heavy atom. The summed E-state index contributed by atoms with van der Waals surface area (Å²) in [6.45, 7) is 0. The van der Waals surface area contributed by atoms with Gasteiger partial charge in [-0.25, -0.2) is 26.3 Å². The third kappa shape index (κ3) is 4.24. The predicted molar refractivity (Wildman–Crippen MR) is 199 cm³/mol. The van der Waals surface area contributed by atoms with Crippen LogP contribution in [0.4, 0.5) is 26.3 Å². The molecule has 0 fully saturated rings. The fourth-order valence-corrected chi connectivity index (χ4v) is 8.24. The number of benzene rings is 10. The van der Waals surface area contributed by atoms with Crippen molar-refractivity contribution in [3.8, 4) is 33.4 Å². The Kier molecular flexibility index (Phi) is 6.46.